The highest BCUT2D eigenvalue weighted by molar-refractivity contribution is 6.04. The first-order valence-electron chi connectivity index (χ1n) is 7.97. The molecule has 0 bridgehead atoms. The van der Waals surface area contributed by atoms with E-state index < -0.39 is 0 Å². The molecule has 0 amide bonds. The highest BCUT2D eigenvalue weighted by Crippen LogP contribution is 2.32. The van der Waals surface area contributed by atoms with Gasteiger partial charge in [-0.1, -0.05) is 13.8 Å². The minimum absolute atomic E-state index is 0.101. The SMILES string of the molecule is CCOC(=O)c1c(C(C)C)oc2nc(N3CCCC3)ccc12. The van der Waals surface area contributed by atoms with Crippen LogP contribution in [-0.4, -0.2) is 30.6 Å². The van der Waals surface area contributed by atoms with Crippen LogP contribution < -0.4 is 4.90 Å². The summed E-state index contributed by atoms with van der Waals surface area (Å²) in [7, 11) is 0. The topological polar surface area (TPSA) is 55.6 Å². The number of nitrogens with zero attached hydrogens (tertiary/aromatic N) is 2. The molecule has 1 fully saturated rings. The number of pyridine rings is 1. The standard InChI is InChI=1S/C17H22N2O3/c1-4-21-17(20)14-12-7-8-13(19-9-5-6-10-19)18-16(12)22-15(14)11(2)3/h7-8,11H,4-6,9-10H2,1-3H3. The van der Waals surface area contributed by atoms with E-state index in [4.69, 9.17) is 9.15 Å². The van der Waals surface area contributed by atoms with Crippen molar-refractivity contribution in [3.05, 3.63) is 23.5 Å². The predicted molar refractivity (Wildman–Crippen MR) is 85.5 cm³/mol. The van der Waals surface area contributed by atoms with Crippen LogP contribution in [0.25, 0.3) is 11.1 Å². The van der Waals surface area contributed by atoms with Crippen LogP contribution in [0.15, 0.2) is 16.5 Å². The average Bonchev–Trinajstić information content (AvgIpc) is 3.14. The molecule has 118 valence electrons. The zero-order chi connectivity index (χ0) is 15.7. The van der Waals surface area contributed by atoms with E-state index in [1.54, 1.807) is 6.92 Å². The molecule has 22 heavy (non-hydrogen) atoms. The summed E-state index contributed by atoms with van der Waals surface area (Å²) in [6.07, 6.45) is 2.40. The molecule has 5 nitrogen and oxygen atoms in total. The largest absolute Gasteiger partial charge is 0.462 e. The Balaban J connectivity index is 2.08. The molecule has 0 saturated carbocycles. The number of hydrogen-bond acceptors (Lipinski definition) is 5. The van der Waals surface area contributed by atoms with Crippen molar-refractivity contribution in [3.8, 4) is 0 Å². The van der Waals surface area contributed by atoms with Gasteiger partial charge in [0.2, 0.25) is 5.71 Å². The lowest BCUT2D eigenvalue weighted by atomic mass is 10.0. The van der Waals surface area contributed by atoms with E-state index in [1.807, 2.05) is 26.0 Å². The van der Waals surface area contributed by atoms with Gasteiger partial charge in [0.05, 0.1) is 12.0 Å². The number of carbonyl (C=O) groups excluding carboxylic acids is 1. The van der Waals surface area contributed by atoms with Crippen molar-refractivity contribution in [2.24, 2.45) is 0 Å². The number of carbonyl (C=O) groups is 1. The number of ether oxygens (including phenoxy) is 1. The molecule has 0 atom stereocenters. The summed E-state index contributed by atoms with van der Waals surface area (Å²) in [5.41, 5.74) is 1.04. The maximum atomic E-state index is 12.3. The first kappa shape index (κ1) is 14.9. The fraction of sp³-hybridized carbons (Fsp3) is 0.529. The number of hydrogen-bond donors (Lipinski definition) is 0. The van der Waals surface area contributed by atoms with E-state index in [2.05, 4.69) is 9.88 Å². The summed E-state index contributed by atoms with van der Waals surface area (Å²) < 4.78 is 11.1. The second-order valence-electron chi connectivity index (χ2n) is 5.93. The Morgan fingerprint density at radius 1 is 1.36 bits per heavy atom. The predicted octanol–water partition coefficient (Wildman–Crippen LogP) is 3.73. The highest BCUT2D eigenvalue weighted by atomic mass is 16.5. The van der Waals surface area contributed by atoms with Crippen molar-refractivity contribution in [3.63, 3.8) is 0 Å². The maximum absolute atomic E-state index is 12.3. The fourth-order valence-corrected chi connectivity index (χ4v) is 2.93. The number of furan rings is 1. The highest BCUT2D eigenvalue weighted by Gasteiger charge is 2.25. The monoisotopic (exact) mass is 302 g/mol. The number of esters is 1. The lowest BCUT2D eigenvalue weighted by Crippen LogP contribution is -2.18. The van der Waals surface area contributed by atoms with Gasteiger partial charge in [0.25, 0.3) is 0 Å². The first-order chi connectivity index (χ1) is 10.6. The minimum atomic E-state index is -0.333. The fourth-order valence-electron chi connectivity index (χ4n) is 2.93. The first-order valence-corrected chi connectivity index (χ1v) is 7.97. The van der Waals surface area contributed by atoms with Gasteiger partial charge in [-0.3, -0.25) is 0 Å². The molecule has 5 heteroatoms. The molecule has 3 heterocycles. The van der Waals surface area contributed by atoms with Gasteiger partial charge in [-0.2, -0.15) is 4.98 Å². The molecule has 2 aromatic rings. The number of aromatic nitrogens is 1. The second-order valence-corrected chi connectivity index (χ2v) is 5.93. The van der Waals surface area contributed by atoms with E-state index >= 15 is 0 Å². The molecular weight excluding hydrogens is 280 g/mol. The third-order valence-corrected chi connectivity index (χ3v) is 4.00. The van der Waals surface area contributed by atoms with Gasteiger partial charge in [0, 0.05) is 19.0 Å². The quantitative estimate of drug-likeness (QED) is 0.805. The summed E-state index contributed by atoms with van der Waals surface area (Å²) in [6, 6.07) is 3.90. The molecule has 1 aliphatic rings. The Hall–Kier alpha value is -2.04. The Morgan fingerprint density at radius 2 is 2.09 bits per heavy atom. The summed E-state index contributed by atoms with van der Waals surface area (Å²) in [5, 5.41) is 0.741. The third-order valence-electron chi connectivity index (χ3n) is 4.00. The molecular formula is C17H22N2O3. The molecule has 0 aromatic carbocycles. The van der Waals surface area contributed by atoms with Gasteiger partial charge in [0.15, 0.2) is 0 Å². The van der Waals surface area contributed by atoms with Gasteiger partial charge in [-0.15, -0.1) is 0 Å². The van der Waals surface area contributed by atoms with Crippen LogP contribution in [0.4, 0.5) is 5.82 Å². The summed E-state index contributed by atoms with van der Waals surface area (Å²) in [5.74, 6) is 1.34. The van der Waals surface area contributed by atoms with Crippen molar-refractivity contribution < 1.29 is 13.9 Å². The normalized spacial score (nSPS) is 15.0. The van der Waals surface area contributed by atoms with Crippen molar-refractivity contribution in [2.75, 3.05) is 24.6 Å². The molecule has 1 aliphatic heterocycles. The van der Waals surface area contributed by atoms with Gasteiger partial charge >= 0.3 is 5.97 Å². The minimum Gasteiger partial charge on any atom is -0.462 e. The average molecular weight is 302 g/mol. The Morgan fingerprint density at radius 3 is 2.73 bits per heavy atom. The molecule has 3 rings (SSSR count). The van der Waals surface area contributed by atoms with Crippen LogP contribution in [0.2, 0.25) is 0 Å². The Bertz CT molecular complexity index is 685. The molecule has 0 unspecified atom stereocenters. The summed E-state index contributed by atoms with van der Waals surface area (Å²) >= 11 is 0. The molecule has 0 radical (unpaired) electrons. The van der Waals surface area contributed by atoms with E-state index in [0.717, 1.165) is 24.3 Å². The van der Waals surface area contributed by atoms with Crippen molar-refractivity contribution in [1.29, 1.82) is 0 Å². The van der Waals surface area contributed by atoms with E-state index in [1.165, 1.54) is 12.8 Å². The molecule has 0 spiro atoms. The smallest absolute Gasteiger partial charge is 0.342 e. The lowest BCUT2D eigenvalue weighted by molar-refractivity contribution is 0.0525. The third kappa shape index (κ3) is 2.56. The van der Waals surface area contributed by atoms with Gasteiger partial charge in [0.1, 0.15) is 17.1 Å². The van der Waals surface area contributed by atoms with Crippen molar-refractivity contribution in [1.82, 2.24) is 4.98 Å². The summed E-state index contributed by atoms with van der Waals surface area (Å²) in [4.78, 5) is 19.1. The van der Waals surface area contributed by atoms with Gasteiger partial charge in [-0.25, -0.2) is 4.79 Å². The Labute approximate surface area is 130 Å². The number of fused-ring (bicyclic) bond motifs is 1. The number of anilines is 1. The van der Waals surface area contributed by atoms with Crippen molar-refractivity contribution >= 4 is 22.9 Å². The van der Waals surface area contributed by atoms with Gasteiger partial charge in [-0.05, 0) is 31.9 Å². The molecule has 0 aliphatic carbocycles. The van der Waals surface area contributed by atoms with Crippen LogP contribution in [0.3, 0.4) is 0 Å². The molecule has 2 aromatic heterocycles. The maximum Gasteiger partial charge on any atom is 0.342 e. The van der Waals surface area contributed by atoms with Crippen LogP contribution in [0.5, 0.6) is 0 Å². The summed E-state index contributed by atoms with van der Waals surface area (Å²) in [6.45, 7) is 8.22. The van der Waals surface area contributed by atoms with E-state index in [-0.39, 0.29) is 11.9 Å². The van der Waals surface area contributed by atoms with Crippen LogP contribution in [0.1, 0.15) is 55.6 Å². The van der Waals surface area contributed by atoms with Crippen LogP contribution >= 0.6 is 0 Å². The molecule has 0 N–H and O–H groups in total. The van der Waals surface area contributed by atoms with Crippen molar-refractivity contribution in [2.45, 2.75) is 39.5 Å². The molecule has 1 saturated heterocycles. The number of rotatable bonds is 4. The zero-order valence-electron chi connectivity index (χ0n) is 13.4. The zero-order valence-corrected chi connectivity index (χ0v) is 13.4. The van der Waals surface area contributed by atoms with E-state index in [9.17, 15) is 4.79 Å². The van der Waals surface area contributed by atoms with E-state index in [0.29, 0.717) is 23.6 Å². The van der Waals surface area contributed by atoms with Crippen LogP contribution in [0, 0.1) is 0 Å². The van der Waals surface area contributed by atoms with Gasteiger partial charge < -0.3 is 14.1 Å². The Kier molecular flexibility index (Phi) is 4.05. The second kappa shape index (κ2) is 5.99. The van der Waals surface area contributed by atoms with Crippen LogP contribution in [-0.2, 0) is 4.74 Å². The lowest BCUT2D eigenvalue weighted by Gasteiger charge is -2.15.